The molecule has 0 radical (unpaired) electrons. The van der Waals surface area contributed by atoms with E-state index in [0.29, 0.717) is 11.8 Å². The minimum absolute atomic E-state index is 0.643. The van der Waals surface area contributed by atoms with Crippen LogP contribution in [-0.2, 0) is 0 Å². The van der Waals surface area contributed by atoms with Crippen molar-refractivity contribution < 1.29 is 0 Å². The zero-order valence-electron chi connectivity index (χ0n) is 7.75. The summed E-state index contributed by atoms with van der Waals surface area (Å²) in [5.74, 6) is 1.30. The van der Waals surface area contributed by atoms with E-state index in [1.165, 1.54) is 23.1 Å². The molecular weight excluding hydrogens is 156 g/mol. The molecule has 0 aromatic heterocycles. The van der Waals surface area contributed by atoms with Crippen LogP contribution in [0, 0.1) is 0 Å². The number of hydrogen-bond acceptors (Lipinski definition) is 0. The third-order valence-corrected chi connectivity index (χ3v) is 3.30. The van der Waals surface area contributed by atoms with Crippen LogP contribution >= 0.6 is 0 Å². The Labute approximate surface area is 78.6 Å². The van der Waals surface area contributed by atoms with E-state index in [9.17, 15) is 0 Å². The van der Waals surface area contributed by atoms with Gasteiger partial charge in [0.1, 0.15) is 0 Å². The van der Waals surface area contributed by atoms with Gasteiger partial charge in [0.2, 0.25) is 0 Å². The summed E-state index contributed by atoms with van der Waals surface area (Å²) in [6.07, 6.45) is 3.51. The Morgan fingerprint density at radius 3 is 2.85 bits per heavy atom. The summed E-state index contributed by atoms with van der Waals surface area (Å²) in [4.78, 5) is 0. The molecule has 64 valence electrons. The lowest BCUT2D eigenvalue weighted by atomic mass is 9.91. The number of hydrogen-bond donors (Lipinski definition) is 0. The first-order valence-corrected chi connectivity index (χ1v) is 4.88. The molecule has 0 heteroatoms. The standard InChI is InChI=1S/C13H12/c1-9-6-7-10-8-13(9)12-5-3-2-4-11(10)12/h2-5,7,10,13H,8H2,1H3/t10-,13-/m0/s1. The fourth-order valence-corrected chi connectivity index (χ4v) is 2.57. The molecule has 1 aromatic rings. The molecule has 2 aliphatic carbocycles. The Morgan fingerprint density at radius 1 is 1.23 bits per heavy atom. The highest BCUT2D eigenvalue weighted by Crippen LogP contribution is 2.47. The molecule has 0 N–H and O–H groups in total. The monoisotopic (exact) mass is 168 g/mol. The van der Waals surface area contributed by atoms with Gasteiger partial charge < -0.3 is 0 Å². The van der Waals surface area contributed by atoms with Gasteiger partial charge in [-0.2, -0.15) is 0 Å². The van der Waals surface area contributed by atoms with Gasteiger partial charge in [0.15, 0.2) is 0 Å². The maximum absolute atomic E-state index is 3.38. The summed E-state index contributed by atoms with van der Waals surface area (Å²) in [5, 5.41) is 0. The maximum atomic E-state index is 3.38. The second kappa shape index (κ2) is 2.37. The molecule has 2 aliphatic rings. The Hall–Kier alpha value is -1.26. The van der Waals surface area contributed by atoms with Crippen LogP contribution in [-0.4, -0.2) is 0 Å². The summed E-state index contributed by atoms with van der Waals surface area (Å²) in [5.41, 5.74) is 7.84. The highest BCUT2D eigenvalue weighted by Gasteiger charge is 2.31. The lowest BCUT2D eigenvalue weighted by Gasteiger charge is -2.12. The van der Waals surface area contributed by atoms with E-state index in [0.717, 1.165) is 0 Å². The highest BCUT2D eigenvalue weighted by atomic mass is 14.3. The molecule has 0 fully saturated rings. The van der Waals surface area contributed by atoms with Crippen LogP contribution in [0.25, 0.3) is 0 Å². The minimum atomic E-state index is 0.643. The fourth-order valence-electron chi connectivity index (χ4n) is 2.57. The van der Waals surface area contributed by atoms with Gasteiger partial charge in [-0.15, -0.1) is 5.73 Å². The number of fused-ring (bicyclic) bond motifs is 5. The van der Waals surface area contributed by atoms with E-state index in [4.69, 9.17) is 0 Å². The molecule has 1 aromatic carbocycles. The van der Waals surface area contributed by atoms with Gasteiger partial charge in [-0.05, 0) is 36.1 Å². The highest BCUT2D eigenvalue weighted by molar-refractivity contribution is 5.47. The molecule has 3 rings (SSSR count). The molecule has 0 spiro atoms. The largest absolute Gasteiger partial charge is 0.125 e. The predicted molar refractivity (Wildman–Crippen MR) is 53.8 cm³/mol. The van der Waals surface area contributed by atoms with Crippen molar-refractivity contribution in [3.63, 3.8) is 0 Å². The molecule has 0 unspecified atom stereocenters. The van der Waals surface area contributed by atoms with Gasteiger partial charge in [0.25, 0.3) is 0 Å². The van der Waals surface area contributed by atoms with Crippen LogP contribution in [0.4, 0.5) is 0 Å². The van der Waals surface area contributed by atoms with E-state index >= 15 is 0 Å². The van der Waals surface area contributed by atoms with E-state index in [1.807, 2.05) is 0 Å². The van der Waals surface area contributed by atoms with Crippen molar-refractivity contribution in [3.8, 4) is 0 Å². The second-order valence-corrected chi connectivity index (χ2v) is 4.02. The Morgan fingerprint density at radius 2 is 2.00 bits per heavy atom. The van der Waals surface area contributed by atoms with Crippen LogP contribution in [0.3, 0.4) is 0 Å². The summed E-state index contributed by atoms with van der Waals surface area (Å²) in [6.45, 7) is 2.19. The zero-order chi connectivity index (χ0) is 8.84. The third kappa shape index (κ3) is 0.868. The third-order valence-electron chi connectivity index (χ3n) is 3.30. The van der Waals surface area contributed by atoms with Crippen molar-refractivity contribution in [3.05, 3.63) is 52.8 Å². The second-order valence-electron chi connectivity index (χ2n) is 4.02. The quantitative estimate of drug-likeness (QED) is 0.521. The van der Waals surface area contributed by atoms with Gasteiger partial charge in [-0.1, -0.05) is 24.3 Å². The fraction of sp³-hybridized carbons (Fsp3) is 0.308. The van der Waals surface area contributed by atoms with E-state index in [1.54, 1.807) is 0 Å². The first-order valence-electron chi connectivity index (χ1n) is 4.88. The Kier molecular flexibility index (Phi) is 1.31. The van der Waals surface area contributed by atoms with Crippen molar-refractivity contribution in [1.82, 2.24) is 0 Å². The first kappa shape index (κ1) is 7.17. The molecule has 0 amide bonds. The van der Waals surface area contributed by atoms with E-state index < -0.39 is 0 Å². The summed E-state index contributed by atoms with van der Waals surface area (Å²) >= 11 is 0. The maximum Gasteiger partial charge on any atom is 0.0133 e. The van der Waals surface area contributed by atoms with E-state index in [-0.39, 0.29) is 0 Å². The number of allylic oxidation sites excluding steroid dienone is 1. The van der Waals surface area contributed by atoms with Crippen LogP contribution < -0.4 is 0 Å². The van der Waals surface area contributed by atoms with Crippen molar-refractivity contribution in [2.24, 2.45) is 0 Å². The molecule has 0 nitrogen and oxygen atoms in total. The predicted octanol–water partition coefficient (Wildman–Crippen LogP) is 3.37. The molecular formula is C13H12. The SMILES string of the molecule is CC1=C=C[C@H]2C[C@@H]1c1ccccc12. The average molecular weight is 168 g/mol. The molecule has 0 saturated heterocycles. The molecule has 2 atom stereocenters. The van der Waals surface area contributed by atoms with Crippen LogP contribution in [0.15, 0.2) is 41.6 Å². The summed E-state index contributed by atoms with van der Waals surface area (Å²) in [7, 11) is 0. The van der Waals surface area contributed by atoms with Gasteiger partial charge >= 0.3 is 0 Å². The number of rotatable bonds is 0. The smallest absolute Gasteiger partial charge is 0.0133 e. The van der Waals surface area contributed by atoms with Crippen molar-refractivity contribution >= 4 is 0 Å². The average Bonchev–Trinajstić information content (AvgIpc) is 2.48. The van der Waals surface area contributed by atoms with E-state index in [2.05, 4.69) is 43.0 Å². The summed E-state index contributed by atoms with van der Waals surface area (Å²) < 4.78 is 0. The van der Waals surface area contributed by atoms with Crippen molar-refractivity contribution in [1.29, 1.82) is 0 Å². The Balaban J connectivity index is 2.26. The zero-order valence-corrected chi connectivity index (χ0v) is 7.75. The van der Waals surface area contributed by atoms with Crippen LogP contribution in [0.2, 0.25) is 0 Å². The van der Waals surface area contributed by atoms with Gasteiger partial charge in [0.05, 0.1) is 0 Å². The van der Waals surface area contributed by atoms with Crippen LogP contribution in [0.1, 0.15) is 36.3 Å². The van der Waals surface area contributed by atoms with Crippen LogP contribution in [0.5, 0.6) is 0 Å². The minimum Gasteiger partial charge on any atom is -0.125 e. The van der Waals surface area contributed by atoms with Crippen molar-refractivity contribution in [2.45, 2.75) is 25.2 Å². The lowest BCUT2D eigenvalue weighted by Crippen LogP contribution is -1.96. The van der Waals surface area contributed by atoms with Crippen molar-refractivity contribution in [2.75, 3.05) is 0 Å². The molecule has 2 bridgehead atoms. The summed E-state index contributed by atoms with van der Waals surface area (Å²) in [6, 6.07) is 8.82. The number of benzene rings is 1. The lowest BCUT2D eigenvalue weighted by molar-refractivity contribution is 0.704. The van der Waals surface area contributed by atoms with Gasteiger partial charge in [-0.25, -0.2) is 0 Å². The normalized spacial score (nSPS) is 28.5. The topological polar surface area (TPSA) is 0 Å². The molecule has 0 saturated carbocycles. The first-order chi connectivity index (χ1) is 6.36. The van der Waals surface area contributed by atoms with Gasteiger partial charge in [0, 0.05) is 11.8 Å². The van der Waals surface area contributed by atoms with Gasteiger partial charge in [-0.3, -0.25) is 0 Å². The molecule has 13 heavy (non-hydrogen) atoms. The molecule has 0 heterocycles. The Bertz CT molecular complexity index is 419. The molecule has 0 aliphatic heterocycles.